The first-order valence-electron chi connectivity index (χ1n) is 5.93. The third-order valence-corrected chi connectivity index (χ3v) is 4.39. The van der Waals surface area contributed by atoms with Gasteiger partial charge in [0.05, 0.1) is 0 Å². The topological polar surface area (TPSA) is 26.0 Å². The van der Waals surface area contributed by atoms with Crippen molar-refractivity contribution in [3.05, 3.63) is 68.4 Å². The predicted octanol–water partition coefficient (Wildman–Crippen LogP) is 4.79. The van der Waals surface area contributed by atoms with Gasteiger partial charge in [0.2, 0.25) is 0 Å². The van der Waals surface area contributed by atoms with E-state index in [1.54, 1.807) is 12.1 Å². The molecule has 1 atom stereocenters. The number of aryl methyl sites for hydroxylation is 1. The van der Waals surface area contributed by atoms with Crippen LogP contribution >= 0.6 is 27.5 Å². The maximum atomic E-state index is 13.8. The molecule has 0 radical (unpaired) electrons. The molecule has 19 heavy (non-hydrogen) atoms. The van der Waals surface area contributed by atoms with Crippen LogP contribution in [0.1, 0.15) is 22.7 Å². The Morgan fingerprint density at radius 3 is 2.74 bits per heavy atom. The molecule has 0 saturated carbocycles. The Balaban J connectivity index is 2.25. The second-order valence-corrected chi connectivity index (χ2v) is 5.75. The molecule has 0 bridgehead atoms. The monoisotopic (exact) mass is 341 g/mol. The highest BCUT2D eigenvalue weighted by molar-refractivity contribution is 9.10. The molecule has 2 N–H and O–H groups in total. The fourth-order valence-corrected chi connectivity index (χ4v) is 2.71. The Morgan fingerprint density at radius 1 is 1.32 bits per heavy atom. The van der Waals surface area contributed by atoms with Crippen molar-refractivity contribution in [3.8, 4) is 0 Å². The van der Waals surface area contributed by atoms with E-state index in [-0.39, 0.29) is 11.9 Å². The molecule has 0 fully saturated rings. The molecular weight excluding hydrogens is 329 g/mol. The van der Waals surface area contributed by atoms with Gasteiger partial charge in [-0.25, -0.2) is 4.39 Å². The zero-order valence-electron chi connectivity index (χ0n) is 10.5. The second-order valence-electron chi connectivity index (χ2n) is 4.52. The van der Waals surface area contributed by atoms with E-state index in [9.17, 15) is 4.39 Å². The Morgan fingerprint density at radius 2 is 2.05 bits per heavy atom. The molecule has 2 aromatic rings. The van der Waals surface area contributed by atoms with Gasteiger partial charge in [0.25, 0.3) is 0 Å². The fraction of sp³-hybridized carbons (Fsp3) is 0.200. The Labute approximate surface area is 125 Å². The maximum absolute atomic E-state index is 13.8. The van der Waals surface area contributed by atoms with Crippen LogP contribution in [0.3, 0.4) is 0 Å². The standard InChI is InChI=1S/C15H14BrClFN/c1-9-3-2-4-12(15(9)16)14(19)7-10-5-6-11(17)8-13(10)18/h2-6,8,14H,7,19H2,1H3. The van der Waals surface area contributed by atoms with Gasteiger partial charge in [0.1, 0.15) is 5.82 Å². The van der Waals surface area contributed by atoms with E-state index in [0.29, 0.717) is 17.0 Å². The first kappa shape index (κ1) is 14.5. The molecule has 0 aromatic heterocycles. The van der Waals surface area contributed by atoms with Crippen molar-refractivity contribution in [2.45, 2.75) is 19.4 Å². The number of rotatable bonds is 3. The van der Waals surface area contributed by atoms with Crippen LogP contribution in [-0.4, -0.2) is 0 Å². The molecule has 0 spiro atoms. The number of nitrogens with two attached hydrogens (primary N) is 1. The van der Waals surface area contributed by atoms with E-state index in [1.807, 2.05) is 25.1 Å². The summed E-state index contributed by atoms with van der Waals surface area (Å²) in [7, 11) is 0. The SMILES string of the molecule is Cc1cccc(C(N)Cc2ccc(Cl)cc2F)c1Br. The lowest BCUT2D eigenvalue weighted by molar-refractivity contribution is 0.593. The van der Waals surface area contributed by atoms with Gasteiger partial charge in [-0.2, -0.15) is 0 Å². The van der Waals surface area contributed by atoms with E-state index < -0.39 is 0 Å². The van der Waals surface area contributed by atoms with Crippen LogP contribution < -0.4 is 5.73 Å². The average molecular weight is 343 g/mol. The van der Waals surface area contributed by atoms with Crippen molar-refractivity contribution in [2.24, 2.45) is 5.73 Å². The van der Waals surface area contributed by atoms with Gasteiger partial charge in [0, 0.05) is 15.5 Å². The summed E-state index contributed by atoms with van der Waals surface area (Å²) in [5.41, 5.74) is 8.84. The molecule has 0 aliphatic rings. The molecule has 0 amide bonds. The number of hydrogen-bond acceptors (Lipinski definition) is 1. The highest BCUT2D eigenvalue weighted by Gasteiger charge is 2.14. The smallest absolute Gasteiger partial charge is 0.127 e. The molecule has 1 unspecified atom stereocenters. The lowest BCUT2D eigenvalue weighted by Gasteiger charge is -2.16. The summed E-state index contributed by atoms with van der Waals surface area (Å²) in [6.07, 6.45) is 0.436. The summed E-state index contributed by atoms with van der Waals surface area (Å²) in [4.78, 5) is 0. The lowest BCUT2D eigenvalue weighted by atomic mass is 9.98. The predicted molar refractivity (Wildman–Crippen MR) is 80.9 cm³/mol. The van der Waals surface area contributed by atoms with Crippen LogP contribution in [0.5, 0.6) is 0 Å². The third-order valence-electron chi connectivity index (χ3n) is 3.08. The van der Waals surface area contributed by atoms with Crippen molar-refractivity contribution in [1.29, 1.82) is 0 Å². The second kappa shape index (κ2) is 6.04. The van der Waals surface area contributed by atoms with Crippen LogP contribution in [0, 0.1) is 12.7 Å². The molecule has 4 heteroatoms. The van der Waals surface area contributed by atoms with Crippen molar-refractivity contribution in [1.82, 2.24) is 0 Å². The highest BCUT2D eigenvalue weighted by Crippen LogP contribution is 2.28. The van der Waals surface area contributed by atoms with Crippen LogP contribution in [0.25, 0.3) is 0 Å². The van der Waals surface area contributed by atoms with Crippen LogP contribution in [0.2, 0.25) is 5.02 Å². The summed E-state index contributed by atoms with van der Waals surface area (Å²) in [6.45, 7) is 2.00. The van der Waals surface area contributed by atoms with Gasteiger partial charge in [-0.05, 0) is 42.2 Å². The van der Waals surface area contributed by atoms with E-state index >= 15 is 0 Å². The minimum Gasteiger partial charge on any atom is -0.324 e. The van der Waals surface area contributed by atoms with Crippen molar-refractivity contribution >= 4 is 27.5 Å². The Hall–Kier alpha value is -0.900. The average Bonchev–Trinajstić information content (AvgIpc) is 2.36. The zero-order valence-corrected chi connectivity index (χ0v) is 12.8. The summed E-state index contributed by atoms with van der Waals surface area (Å²) in [5.74, 6) is -0.313. The third kappa shape index (κ3) is 3.35. The van der Waals surface area contributed by atoms with E-state index in [2.05, 4.69) is 15.9 Å². The molecule has 0 saturated heterocycles. The van der Waals surface area contributed by atoms with Crippen molar-refractivity contribution < 1.29 is 4.39 Å². The Kier molecular flexibility index (Phi) is 4.61. The van der Waals surface area contributed by atoms with Crippen LogP contribution in [0.4, 0.5) is 4.39 Å². The zero-order chi connectivity index (χ0) is 14.0. The first-order chi connectivity index (χ1) is 8.99. The highest BCUT2D eigenvalue weighted by atomic mass is 79.9. The van der Waals surface area contributed by atoms with Crippen LogP contribution in [-0.2, 0) is 6.42 Å². The van der Waals surface area contributed by atoms with Crippen LogP contribution in [0.15, 0.2) is 40.9 Å². The molecule has 2 rings (SSSR count). The molecule has 0 aliphatic carbocycles. The number of halogens is 3. The first-order valence-corrected chi connectivity index (χ1v) is 7.10. The van der Waals surface area contributed by atoms with Crippen molar-refractivity contribution in [2.75, 3.05) is 0 Å². The minimum absolute atomic E-state index is 0.259. The summed E-state index contributed by atoms with van der Waals surface area (Å²) in [6, 6.07) is 10.3. The Bertz CT molecular complexity index is 601. The van der Waals surface area contributed by atoms with Gasteiger partial charge in [-0.3, -0.25) is 0 Å². The van der Waals surface area contributed by atoms with Gasteiger partial charge >= 0.3 is 0 Å². The van der Waals surface area contributed by atoms with E-state index in [1.165, 1.54) is 6.07 Å². The van der Waals surface area contributed by atoms with Crippen molar-refractivity contribution in [3.63, 3.8) is 0 Å². The number of benzene rings is 2. The maximum Gasteiger partial charge on any atom is 0.127 e. The minimum atomic E-state index is -0.313. The summed E-state index contributed by atoms with van der Waals surface area (Å²) >= 11 is 9.27. The number of hydrogen-bond donors (Lipinski definition) is 1. The molecular formula is C15H14BrClFN. The lowest BCUT2D eigenvalue weighted by Crippen LogP contribution is -2.15. The normalized spacial score (nSPS) is 12.5. The largest absolute Gasteiger partial charge is 0.324 e. The molecule has 0 aliphatic heterocycles. The molecule has 100 valence electrons. The fourth-order valence-electron chi connectivity index (χ4n) is 1.99. The van der Waals surface area contributed by atoms with Gasteiger partial charge < -0.3 is 5.73 Å². The van der Waals surface area contributed by atoms with Gasteiger partial charge in [-0.1, -0.05) is 51.8 Å². The summed E-state index contributed by atoms with van der Waals surface area (Å²) in [5, 5.41) is 0.395. The van der Waals surface area contributed by atoms with Gasteiger partial charge in [-0.15, -0.1) is 0 Å². The van der Waals surface area contributed by atoms with E-state index in [4.69, 9.17) is 17.3 Å². The van der Waals surface area contributed by atoms with Gasteiger partial charge in [0.15, 0.2) is 0 Å². The van der Waals surface area contributed by atoms with E-state index in [0.717, 1.165) is 15.6 Å². The summed E-state index contributed by atoms with van der Waals surface area (Å²) < 4.78 is 14.7. The molecule has 1 nitrogen and oxygen atoms in total. The molecule has 2 aromatic carbocycles. The quantitative estimate of drug-likeness (QED) is 0.852. The molecule has 0 heterocycles.